The molecule has 3 aliphatic heterocycles. The minimum absolute atomic E-state index is 0.0425. The van der Waals surface area contributed by atoms with E-state index in [0.29, 0.717) is 38.2 Å². The Balaban J connectivity index is 1.35. The van der Waals surface area contributed by atoms with Gasteiger partial charge in [0.25, 0.3) is 0 Å². The Morgan fingerprint density at radius 3 is 2.63 bits per heavy atom. The molecule has 0 radical (unpaired) electrons. The van der Waals surface area contributed by atoms with Crippen molar-refractivity contribution in [2.24, 2.45) is 11.5 Å². The molecule has 4 rings (SSSR count). The Labute approximate surface area is 175 Å². The lowest BCUT2D eigenvalue weighted by molar-refractivity contribution is -0.139. The molecule has 3 aliphatic rings. The minimum atomic E-state index is -0.735. The van der Waals surface area contributed by atoms with Crippen LogP contribution in [0.2, 0.25) is 0 Å². The van der Waals surface area contributed by atoms with E-state index < -0.39 is 18.0 Å². The fourth-order valence-electron chi connectivity index (χ4n) is 4.82. The molecule has 1 aromatic carbocycles. The van der Waals surface area contributed by atoms with Crippen molar-refractivity contribution in [1.29, 1.82) is 5.26 Å². The van der Waals surface area contributed by atoms with Gasteiger partial charge < -0.3 is 21.3 Å². The van der Waals surface area contributed by atoms with Crippen LogP contribution in [0, 0.1) is 11.3 Å². The highest BCUT2D eigenvalue weighted by atomic mass is 16.2. The van der Waals surface area contributed by atoms with E-state index in [1.807, 2.05) is 21.9 Å². The summed E-state index contributed by atoms with van der Waals surface area (Å²) in [7, 11) is 0. The lowest BCUT2D eigenvalue weighted by Gasteiger charge is -2.35. The Hall–Kier alpha value is -2.96. The number of benzene rings is 1. The van der Waals surface area contributed by atoms with Crippen molar-refractivity contribution in [2.45, 2.75) is 50.0 Å². The average Bonchev–Trinajstić information content (AvgIpc) is 3.44. The number of hydrogen-bond donors (Lipinski definition) is 2. The zero-order valence-corrected chi connectivity index (χ0v) is 16.7. The van der Waals surface area contributed by atoms with Gasteiger partial charge in [-0.25, -0.2) is 0 Å². The summed E-state index contributed by atoms with van der Waals surface area (Å²) in [6.07, 6.45) is 2.24. The molecule has 0 aromatic heterocycles. The number of likely N-dealkylation sites (tertiary alicyclic amines) is 3. The summed E-state index contributed by atoms with van der Waals surface area (Å²) < 4.78 is 0. The summed E-state index contributed by atoms with van der Waals surface area (Å²) in [5.41, 5.74) is 12.8. The van der Waals surface area contributed by atoms with Crippen LogP contribution >= 0.6 is 0 Å². The molecular formula is C21H26N6O3. The Bertz CT molecular complexity index is 895. The lowest BCUT2D eigenvalue weighted by Crippen LogP contribution is -2.56. The summed E-state index contributed by atoms with van der Waals surface area (Å²) >= 11 is 0. The van der Waals surface area contributed by atoms with Gasteiger partial charge in [-0.1, -0.05) is 12.1 Å². The van der Waals surface area contributed by atoms with E-state index in [9.17, 15) is 19.6 Å². The Morgan fingerprint density at radius 2 is 2.00 bits per heavy atom. The number of carbonyl (C=O) groups is 3. The van der Waals surface area contributed by atoms with Crippen LogP contribution in [0.3, 0.4) is 0 Å². The topological polar surface area (TPSA) is 137 Å². The largest absolute Gasteiger partial charge is 0.366 e. The maximum absolute atomic E-state index is 12.9. The highest BCUT2D eigenvalue weighted by Gasteiger charge is 2.50. The van der Waals surface area contributed by atoms with Gasteiger partial charge in [-0.2, -0.15) is 5.26 Å². The number of amides is 3. The standard InChI is InChI=1S/C21H26N6O3/c22-9-15-2-1-7-26(15)20(29)17(23)12-25-11-16-8-18(25)21(30)27(16)10-13-3-5-14(6-4-13)19(24)28/h3-6,15-18H,1-2,7-8,10-12,23H2,(H2,24,28)/t15-,16?,17-,18-/m0/s1. The molecule has 3 saturated heterocycles. The molecular weight excluding hydrogens is 384 g/mol. The first-order valence-electron chi connectivity index (χ1n) is 10.3. The number of nitriles is 1. The van der Waals surface area contributed by atoms with Crippen LogP contribution in [0.25, 0.3) is 0 Å². The second kappa shape index (κ2) is 8.05. The summed E-state index contributed by atoms with van der Waals surface area (Å²) in [4.78, 5) is 42.2. The number of carbonyl (C=O) groups excluding carboxylic acids is 3. The van der Waals surface area contributed by atoms with Crippen molar-refractivity contribution < 1.29 is 14.4 Å². The molecule has 1 unspecified atom stereocenters. The fraction of sp³-hybridized carbons (Fsp3) is 0.524. The third-order valence-corrected chi connectivity index (χ3v) is 6.41. The number of rotatable bonds is 6. The van der Waals surface area contributed by atoms with E-state index in [1.165, 1.54) is 0 Å². The molecule has 3 heterocycles. The van der Waals surface area contributed by atoms with E-state index in [0.717, 1.165) is 18.4 Å². The molecule has 2 bridgehead atoms. The fourth-order valence-corrected chi connectivity index (χ4v) is 4.82. The maximum Gasteiger partial charge on any atom is 0.248 e. The molecule has 30 heavy (non-hydrogen) atoms. The van der Waals surface area contributed by atoms with Gasteiger partial charge in [-0.05, 0) is 37.0 Å². The van der Waals surface area contributed by atoms with Crippen molar-refractivity contribution in [2.75, 3.05) is 19.6 Å². The van der Waals surface area contributed by atoms with E-state index in [1.54, 1.807) is 17.0 Å². The van der Waals surface area contributed by atoms with Crippen LogP contribution in [-0.4, -0.2) is 76.2 Å². The highest BCUT2D eigenvalue weighted by Crippen LogP contribution is 2.33. The van der Waals surface area contributed by atoms with Gasteiger partial charge in [0, 0.05) is 37.8 Å². The van der Waals surface area contributed by atoms with E-state index in [4.69, 9.17) is 11.5 Å². The van der Waals surface area contributed by atoms with Crippen molar-refractivity contribution in [3.8, 4) is 6.07 Å². The number of nitrogens with zero attached hydrogens (tertiary/aromatic N) is 4. The van der Waals surface area contributed by atoms with Crippen molar-refractivity contribution >= 4 is 17.7 Å². The van der Waals surface area contributed by atoms with E-state index in [-0.39, 0.29) is 23.9 Å². The van der Waals surface area contributed by atoms with E-state index in [2.05, 4.69) is 6.07 Å². The summed E-state index contributed by atoms with van der Waals surface area (Å²) in [5.74, 6) is -0.643. The second-order valence-corrected chi connectivity index (χ2v) is 8.31. The number of primary amides is 1. The zero-order valence-electron chi connectivity index (χ0n) is 16.7. The summed E-state index contributed by atoms with van der Waals surface area (Å²) in [5, 5.41) is 9.20. The average molecular weight is 410 g/mol. The molecule has 4 N–H and O–H groups in total. The van der Waals surface area contributed by atoms with Gasteiger partial charge in [0.1, 0.15) is 6.04 Å². The maximum atomic E-state index is 12.9. The van der Waals surface area contributed by atoms with Gasteiger partial charge in [-0.3, -0.25) is 19.3 Å². The summed E-state index contributed by atoms with van der Waals surface area (Å²) in [6, 6.07) is 7.82. The van der Waals surface area contributed by atoms with Crippen LogP contribution in [-0.2, 0) is 16.1 Å². The molecule has 0 aliphatic carbocycles. The first-order valence-corrected chi connectivity index (χ1v) is 10.3. The predicted octanol–water partition coefficient (Wildman–Crippen LogP) is -0.588. The molecule has 4 atom stereocenters. The van der Waals surface area contributed by atoms with Crippen LogP contribution in [0.1, 0.15) is 35.2 Å². The van der Waals surface area contributed by atoms with Gasteiger partial charge in [-0.15, -0.1) is 0 Å². The Kier molecular flexibility index (Phi) is 5.45. The molecule has 3 amide bonds. The first-order chi connectivity index (χ1) is 14.4. The number of piperazine rings is 1. The van der Waals surface area contributed by atoms with Crippen molar-refractivity contribution in [3.63, 3.8) is 0 Å². The Morgan fingerprint density at radius 1 is 1.27 bits per heavy atom. The molecule has 0 spiro atoms. The van der Waals surface area contributed by atoms with Crippen LogP contribution in [0.5, 0.6) is 0 Å². The first kappa shape index (κ1) is 20.3. The second-order valence-electron chi connectivity index (χ2n) is 8.31. The minimum Gasteiger partial charge on any atom is -0.366 e. The smallest absolute Gasteiger partial charge is 0.248 e. The van der Waals surface area contributed by atoms with Gasteiger partial charge in [0.2, 0.25) is 17.7 Å². The SMILES string of the molecule is N#C[C@@H]1CCCN1C(=O)[C@@H](N)CN1CC2C[C@H]1C(=O)N2Cc1ccc(C(N)=O)cc1. The molecule has 158 valence electrons. The molecule has 9 nitrogen and oxygen atoms in total. The lowest BCUT2D eigenvalue weighted by atomic mass is 10.1. The third-order valence-electron chi connectivity index (χ3n) is 6.41. The molecule has 0 saturated carbocycles. The highest BCUT2D eigenvalue weighted by molar-refractivity contribution is 5.92. The third kappa shape index (κ3) is 3.64. The van der Waals surface area contributed by atoms with Crippen molar-refractivity contribution in [1.82, 2.24) is 14.7 Å². The monoisotopic (exact) mass is 410 g/mol. The zero-order chi connectivity index (χ0) is 21.4. The normalized spacial score (nSPS) is 26.8. The van der Waals surface area contributed by atoms with Gasteiger partial charge in [0.15, 0.2) is 0 Å². The van der Waals surface area contributed by atoms with Gasteiger partial charge >= 0.3 is 0 Å². The predicted molar refractivity (Wildman–Crippen MR) is 108 cm³/mol. The van der Waals surface area contributed by atoms with Crippen LogP contribution in [0.4, 0.5) is 0 Å². The quantitative estimate of drug-likeness (QED) is 0.643. The van der Waals surface area contributed by atoms with Crippen molar-refractivity contribution in [3.05, 3.63) is 35.4 Å². The number of hydrogen-bond acceptors (Lipinski definition) is 6. The van der Waals surface area contributed by atoms with E-state index >= 15 is 0 Å². The summed E-state index contributed by atoms with van der Waals surface area (Å²) in [6.45, 7) is 2.05. The number of nitrogens with two attached hydrogens (primary N) is 2. The molecule has 9 heteroatoms. The van der Waals surface area contributed by atoms with Crippen LogP contribution < -0.4 is 11.5 Å². The number of fused-ring (bicyclic) bond motifs is 2. The molecule has 1 aromatic rings. The van der Waals surface area contributed by atoms with Gasteiger partial charge in [0.05, 0.1) is 18.2 Å². The van der Waals surface area contributed by atoms with Crippen LogP contribution in [0.15, 0.2) is 24.3 Å². The molecule has 3 fully saturated rings.